The lowest BCUT2D eigenvalue weighted by molar-refractivity contribution is -0.116. The number of carbonyl (C=O) groups is 1. The highest BCUT2D eigenvalue weighted by Crippen LogP contribution is 2.47. The molecule has 0 saturated heterocycles. The van der Waals surface area contributed by atoms with Gasteiger partial charge in [-0.2, -0.15) is 5.26 Å². The Balaban J connectivity index is 1.75. The molecule has 0 aromatic heterocycles. The second-order valence-corrected chi connectivity index (χ2v) is 9.01. The summed E-state index contributed by atoms with van der Waals surface area (Å²) >= 11 is 9.56. The van der Waals surface area contributed by atoms with Crippen molar-refractivity contribution in [3.63, 3.8) is 0 Å². The van der Waals surface area contributed by atoms with Gasteiger partial charge in [0.1, 0.15) is 24.0 Å². The van der Waals surface area contributed by atoms with Crippen molar-refractivity contribution in [2.24, 2.45) is 5.73 Å². The number of benzene rings is 2. The monoisotopic (exact) mass is 528 g/mol. The van der Waals surface area contributed by atoms with Crippen LogP contribution in [-0.2, 0) is 16.1 Å². The van der Waals surface area contributed by atoms with Gasteiger partial charge in [-0.15, -0.1) is 0 Å². The SMILES string of the molecule is CCOc1cc([C@@H]2C(C#N)=C(N)OC3=C2C(=O)CCC3)cc(Br)c1OCc1ccc(Cl)cc1. The summed E-state index contributed by atoms with van der Waals surface area (Å²) in [5, 5.41) is 10.5. The number of nitrogens with two attached hydrogens (primary N) is 1. The third-order valence-electron chi connectivity index (χ3n) is 5.57. The van der Waals surface area contributed by atoms with Gasteiger partial charge in [0, 0.05) is 23.4 Å². The summed E-state index contributed by atoms with van der Waals surface area (Å²) in [5.41, 5.74) is 8.44. The van der Waals surface area contributed by atoms with E-state index < -0.39 is 5.92 Å². The third-order valence-corrected chi connectivity index (χ3v) is 6.41. The molecular weight excluding hydrogens is 508 g/mol. The fourth-order valence-electron chi connectivity index (χ4n) is 4.08. The van der Waals surface area contributed by atoms with Gasteiger partial charge >= 0.3 is 0 Å². The maximum absolute atomic E-state index is 12.8. The first kappa shape index (κ1) is 23.2. The van der Waals surface area contributed by atoms with E-state index in [2.05, 4.69) is 22.0 Å². The molecule has 0 bridgehead atoms. The van der Waals surface area contributed by atoms with E-state index in [1.165, 1.54) is 0 Å². The number of hydrogen-bond acceptors (Lipinski definition) is 6. The van der Waals surface area contributed by atoms with Crippen LogP contribution in [-0.4, -0.2) is 12.4 Å². The lowest BCUT2D eigenvalue weighted by Gasteiger charge is -2.31. The van der Waals surface area contributed by atoms with E-state index in [9.17, 15) is 10.1 Å². The van der Waals surface area contributed by atoms with Gasteiger partial charge in [0.25, 0.3) is 0 Å². The largest absolute Gasteiger partial charge is 0.490 e. The van der Waals surface area contributed by atoms with Gasteiger partial charge in [-0.25, -0.2) is 0 Å². The zero-order chi connectivity index (χ0) is 23.5. The lowest BCUT2D eigenvalue weighted by atomic mass is 9.77. The lowest BCUT2D eigenvalue weighted by Crippen LogP contribution is -2.27. The number of Topliss-reactive ketones (excluding diaryl/α,β-unsaturated/α-hetero) is 1. The van der Waals surface area contributed by atoms with Crippen molar-refractivity contribution < 1.29 is 19.0 Å². The normalized spacial score (nSPS) is 17.9. The number of ketones is 1. The predicted octanol–water partition coefficient (Wildman–Crippen LogP) is 5.89. The molecule has 6 nitrogen and oxygen atoms in total. The highest BCUT2D eigenvalue weighted by Gasteiger charge is 2.38. The average Bonchev–Trinajstić information content (AvgIpc) is 2.79. The summed E-state index contributed by atoms with van der Waals surface area (Å²) in [6, 6.07) is 13.2. The van der Waals surface area contributed by atoms with Crippen LogP contribution in [0.25, 0.3) is 0 Å². The summed E-state index contributed by atoms with van der Waals surface area (Å²) in [5.74, 6) is 0.967. The molecule has 0 unspecified atom stereocenters. The smallest absolute Gasteiger partial charge is 0.205 e. The number of rotatable bonds is 6. The van der Waals surface area contributed by atoms with Gasteiger partial charge in [-0.05, 0) is 64.7 Å². The fourth-order valence-corrected chi connectivity index (χ4v) is 4.78. The zero-order valence-electron chi connectivity index (χ0n) is 18.0. The van der Waals surface area contributed by atoms with Crippen molar-refractivity contribution in [2.75, 3.05) is 6.61 Å². The number of ether oxygens (including phenoxy) is 3. The number of halogens is 2. The maximum Gasteiger partial charge on any atom is 0.205 e. The van der Waals surface area contributed by atoms with Gasteiger partial charge in [0.2, 0.25) is 5.88 Å². The summed E-state index contributed by atoms with van der Waals surface area (Å²) in [7, 11) is 0. The van der Waals surface area contributed by atoms with Gasteiger partial charge in [0.05, 0.1) is 17.0 Å². The number of nitrogens with zero attached hydrogens (tertiary/aromatic N) is 1. The Morgan fingerprint density at radius 1 is 1.24 bits per heavy atom. The molecule has 33 heavy (non-hydrogen) atoms. The van der Waals surface area contributed by atoms with Gasteiger partial charge < -0.3 is 19.9 Å². The standard InChI is InChI=1S/C25H22BrClN2O4/c1-2-31-21-11-15(10-18(26)24(21)32-13-14-6-8-16(27)9-7-14)22-17(12-28)25(29)33-20-5-3-4-19(30)23(20)22/h6-11,22H,2-5,13,29H2,1H3/t22-/m1/s1. The Bertz CT molecular complexity index is 1200. The molecule has 2 aromatic carbocycles. The van der Waals surface area contributed by atoms with Crippen molar-refractivity contribution in [2.45, 2.75) is 38.7 Å². The first-order valence-electron chi connectivity index (χ1n) is 10.6. The molecular formula is C25H22BrClN2O4. The Morgan fingerprint density at radius 2 is 2.00 bits per heavy atom. The second-order valence-electron chi connectivity index (χ2n) is 7.72. The van der Waals surface area contributed by atoms with E-state index >= 15 is 0 Å². The van der Waals surface area contributed by atoms with Gasteiger partial charge in [-0.1, -0.05) is 23.7 Å². The van der Waals surface area contributed by atoms with Crippen LogP contribution in [0.5, 0.6) is 11.5 Å². The molecule has 2 aromatic rings. The van der Waals surface area contributed by atoms with Crippen LogP contribution >= 0.6 is 27.5 Å². The quantitative estimate of drug-likeness (QED) is 0.501. The molecule has 0 radical (unpaired) electrons. The second kappa shape index (κ2) is 9.90. The van der Waals surface area contributed by atoms with Crippen molar-refractivity contribution in [1.29, 1.82) is 5.26 Å². The van der Waals surface area contributed by atoms with E-state index in [4.69, 9.17) is 31.5 Å². The zero-order valence-corrected chi connectivity index (χ0v) is 20.3. The molecule has 1 atom stereocenters. The first-order valence-corrected chi connectivity index (χ1v) is 11.8. The molecule has 0 spiro atoms. The minimum atomic E-state index is -0.618. The first-order chi connectivity index (χ1) is 15.9. The summed E-state index contributed by atoms with van der Waals surface area (Å²) < 4.78 is 18.3. The summed E-state index contributed by atoms with van der Waals surface area (Å²) in [6.45, 7) is 2.61. The average molecular weight is 530 g/mol. The molecule has 170 valence electrons. The molecule has 0 fully saturated rings. The van der Waals surface area contributed by atoms with Gasteiger partial charge in [0.15, 0.2) is 17.3 Å². The molecule has 2 N–H and O–H groups in total. The Morgan fingerprint density at radius 3 is 2.70 bits per heavy atom. The van der Waals surface area contributed by atoms with Crippen LogP contribution in [0, 0.1) is 11.3 Å². The molecule has 0 saturated carbocycles. The van der Waals surface area contributed by atoms with Crippen molar-refractivity contribution >= 4 is 33.3 Å². The van der Waals surface area contributed by atoms with Crippen LogP contribution in [0.2, 0.25) is 5.02 Å². The molecule has 0 amide bonds. The van der Waals surface area contributed by atoms with Crippen molar-refractivity contribution in [3.8, 4) is 17.6 Å². The van der Waals surface area contributed by atoms with Crippen LogP contribution in [0.15, 0.2) is 63.7 Å². The fraction of sp³-hybridized carbons (Fsp3) is 0.280. The predicted molar refractivity (Wildman–Crippen MR) is 128 cm³/mol. The minimum Gasteiger partial charge on any atom is -0.490 e. The Kier molecular flexibility index (Phi) is 6.96. The molecule has 1 aliphatic carbocycles. The number of allylic oxidation sites excluding steroid dienone is 3. The topological polar surface area (TPSA) is 94.6 Å². The van der Waals surface area contributed by atoms with Crippen LogP contribution < -0.4 is 15.2 Å². The molecule has 4 rings (SSSR count). The minimum absolute atomic E-state index is 0.0290. The number of carbonyl (C=O) groups excluding carboxylic acids is 1. The van der Waals surface area contributed by atoms with Crippen molar-refractivity contribution in [1.82, 2.24) is 0 Å². The maximum atomic E-state index is 12.8. The van der Waals surface area contributed by atoms with Crippen LogP contribution in [0.4, 0.5) is 0 Å². The van der Waals surface area contributed by atoms with E-state index in [0.717, 1.165) is 5.56 Å². The molecule has 2 aliphatic rings. The third kappa shape index (κ3) is 4.73. The summed E-state index contributed by atoms with van der Waals surface area (Å²) in [4.78, 5) is 12.8. The van der Waals surface area contributed by atoms with Crippen molar-refractivity contribution in [3.05, 3.63) is 79.8 Å². The summed E-state index contributed by atoms with van der Waals surface area (Å²) in [6.07, 6.45) is 1.72. The molecule has 1 heterocycles. The van der Waals surface area contributed by atoms with Gasteiger partial charge in [-0.3, -0.25) is 4.79 Å². The van der Waals surface area contributed by atoms with Crippen LogP contribution in [0.1, 0.15) is 43.2 Å². The van der Waals surface area contributed by atoms with E-state index in [1.54, 1.807) is 18.2 Å². The van der Waals surface area contributed by atoms with E-state index in [1.807, 2.05) is 25.1 Å². The van der Waals surface area contributed by atoms with Crippen LogP contribution in [0.3, 0.4) is 0 Å². The molecule has 8 heteroatoms. The number of nitriles is 1. The highest BCUT2D eigenvalue weighted by atomic mass is 79.9. The van der Waals surface area contributed by atoms with E-state index in [0.29, 0.717) is 70.4 Å². The number of hydrogen-bond donors (Lipinski definition) is 1. The highest BCUT2D eigenvalue weighted by molar-refractivity contribution is 9.10. The molecule has 1 aliphatic heterocycles. The Labute approximate surface area is 205 Å². The Hall–Kier alpha value is -2.95. The van der Waals surface area contributed by atoms with E-state index in [-0.39, 0.29) is 17.2 Å².